The Labute approximate surface area is 137 Å². The number of benzene rings is 1. The van der Waals surface area contributed by atoms with Gasteiger partial charge in [-0.05, 0) is 36.8 Å². The molecular formula is C16H13ClN2O2S. The van der Waals surface area contributed by atoms with Gasteiger partial charge in [-0.3, -0.25) is 4.79 Å². The molecule has 2 heterocycles. The van der Waals surface area contributed by atoms with Crippen molar-refractivity contribution < 1.29 is 9.21 Å². The van der Waals surface area contributed by atoms with Crippen LogP contribution in [-0.2, 0) is 0 Å². The summed E-state index contributed by atoms with van der Waals surface area (Å²) < 4.78 is 5.29. The molecule has 0 radical (unpaired) electrons. The number of anilines is 1. The number of rotatable bonds is 3. The molecule has 112 valence electrons. The maximum atomic E-state index is 12.5. The van der Waals surface area contributed by atoms with Gasteiger partial charge in [-0.25, -0.2) is 4.98 Å². The molecule has 3 rings (SSSR count). The van der Waals surface area contributed by atoms with Gasteiger partial charge in [-0.1, -0.05) is 17.7 Å². The second kappa shape index (κ2) is 5.94. The zero-order valence-corrected chi connectivity index (χ0v) is 13.6. The van der Waals surface area contributed by atoms with Crippen LogP contribution in [0.25, 0.3) is 10.8 Å². The number of halogens is 1. The highest BCUT2D eigenvalue weighted by atomic mass is 35.5. The minimum absolute atomic E-state index is 0.186. The van der Waals surface area contributed by atoms with Crippen molar-refractivity contribution in [3.63, 3.8) is 0 Å². The summed E-state index contributed by atoms with van der Waals surface area (Å²) in [6.45, 7) is 1.92. The third kappa shape index (κ3) is 2.77. The molecule has 1 aromatic carbocycles. The predicted molar refractivity (Wildman–Crippen MR) is 88.7 cm³/mol. The number of nitrogens with zero attached hydrogens (tertiary/aromatic N) is 2. The molecule has 0 aliphatic carbocycles. The lowest BCUT2D eigenvalue weighted by Gasteiger charge is -2.16. The average Bonchev–Trinajstić information content (AvgIpc) is 3.19. The first-order chi connectivity index (χ1) is 10.6. The van der Waals surface area contributed by atoms with E-state index < -0.39 is 0 Å². The molecule has 0 bridgehead atoms. The first-order valence-corrected chi connectivity index (χ1v) is 7.85. The average molecular weight is 333 g/mol. The summed E-state index contributed by atoms with van der Waals surface area (Å²) in [5, 5.41) is 3.04. The summed E-state index contributed by atoms with van der Waals surface area (Å²) >= 11 is 7.49. The van der Waals surface area contributed by atoms with Crippen LogP contribution < -0.4 is 4.90 Å². The normalized spacial score (nSPS) is 10.7. The summed E-state index contributed by atoms with van der Waals surface area (Å²) in [4.78, 5) is 18.4. The minimum Gasteiger partial charge on any atom is -0.462 e. The smallest absolute Gasteiger partial charge is 0.277 e. The number of aryl methyl sites for hydroxylation is 1. The standard InChI is InChI=1S/C16H13ClN2O2S/c1-10-5-6-11(8-12(10)17)19(2)16(20)13-9-22-15(18-13)14-4-3-7-21-14/h3-9H,1-2H3. The molecule has 0 aliphatic rings. The topological polar surface area (TPSA) is 46.3 Å². The van der Waals surface area contributed by atoms with Crippen LogP contribution in [-0.4, -0.2) is 17.9 Å². The first-order valence-electron chi connectivity index (χ1n) is 6.60. The van der Waals surface area contributed by atoms with Crippen molar-refractivity contribution in [3.05, 3.63) is 58.3 Å². The van der Waals surface area contributed by atoms with Gasteiger partial charge in [-0.2, -0.15) is 0 Å². The Balaban J connectivity index is 1.85. The lowest BCUT2D eigenvalue weighted by molar-refractivity contribution is 0.0989. The van der Waals surface area contributed by atoms with E-state index in [9.17, 15) is 4.79 Å². The summed E-state index contributed by atoms with van der Waals surface area (Å²) in [5.74, 6) is 0.471. The van der Waals surface area contributed by atoms with E-state index >= 15 is 0 Å². The van der Waals surface area contributed by atoms with Crippen molar-refractivity contribution in [2.24, 2.45) is 0 Å². The highest BCUT2D eigenvalue weighted by Gasteiger charge is 2.18. The fraction of sp³-hybridized carbons (Fsp3) is 0.125. The second-order valence-electron chi connectivity index (χ2n) is 4.81. The van der Waals surface area contributed by atoms with Crippen LogP contribution in [0.5, 0.6) is 0 Å². The van der Waals surface area contributed by atoms with Gasteiger partial charge in [-0.15, -0.1) is 11.3 Å². The third-order valence-electron chi connectivity index (χ3n) is 3.30. The Kier molecular flexibility index (Phi) is 4.00. The summed E-state index contributed by atoms with van der Waals surface area (Å²) in [6.07, 6.45) is 1.58. The fourth-order valence-corrected chi connectivity index (χ4v) is 2.90. The van der Waals surface area contributed by atoms with E-state index in [0.29, 0.717) is 21.5 Å². The Hall–Kier alpha value is -2.11. The van der Waals surface area contributed by atoms with Crippen LogP contribution in [0, 0.1) is 6.92 Å². The Morgan fingerprint density at radius 1 is 1.36 bits per heavy atom. The van der Waals surface area contributed by atoms with Crippen LogP contribution in [0.3, 0.4) is 0 Å². The van der Waals surface area contributed by atoms with Crippen LogP contribution in [0.15, 0.2) is 46.4 Å². The van der Waals surface area contributed by atoms with Crippen molar-refractivity contribution in [2.75, 3.05) is 11.9 Å². The van der Waals surface area contributed by atoms with Crippen LogP contribution in [0.4, 0.5) is 5.69 Å². The van der Waals surface area contributed by atoms with Gasteiger partial charge in [0.05, 0.1) is 6.26 Å². The molecular weight excluding hydrogens is 320 g/mol. The first kappa shape index (κ1) is 14.8. The number of carbonyl (C=O) groups is 1. The van der Waals surface area contributed by atoms with Gasteiger partial charge in [0, 0.05) is 23.1 Å². The lowest BCUT2D eigenvalue weighted by atomic mass is 10.2. The molecule has 3 aromatic rings. The summed E-state index contributed by atoms with van der Waals surface area (Å²) in [7, 11) is 1.70. The molecule has 0 unspecified atom stereocenters. The largest absolute Gasteiger partial charge is 0.462 e. The van der Waals surface area contributed by atoms with E-state index in [2.05, 4.69) is 4.98 Å². The third-order valence-corrected chi connectivity index (χ3v) is 4.57. The molecule has 0 saturated heterocycles. The molecule has 22 heavy (non-hydrogen) atoms. The summed E-state index contributed by atoms with van der Waals surface area (Å²) in [5.41, 5.74) is 2.09. The second-order valence-corrected chi connectivity index (χ2v) is 6.08. The Morgan fingerprint density at radius 3 is 2.86 bits per heavy atom. The molecule has 0 N–H and O–H groups in total. The van der Waals surface area contributed by atoms with Crippen molar-refractivity contribution >= 4 is 34.5 Å². The maximum absolute atomic E-state index is 12.5. The van der Waals surface area contributed by atoms with Gasteiger partial charge >= 0.3 is 0 Å². The zero-order valence-electron chi connectivity index (χ0n) is 12.0. The SMILES string of the molecule is Cc1ccc(N(C)C(=O)c2csc(-c3ccco3)n2)cc1Cl. The molecule has 4 nitrogen and oxygen atoms in total. The molecule has 0 saturated carbocycles. The van der Waals surface area contributed by atoms with E-state index in [1.165, 1.54) is 16.2 Å². The molecule has 6 heteroatoms. The van der Waals surface area contributed by atoms with Crippen LogP contribution in [0.1, 0.15) is 16.1 Å². The van der Waals surface area contributed by atoms with Gasteiger partial charge < -0.3 is 9.32 Å². The van der Waals surface area contributed by atoms with E-state index in [-0.39, 0.29) is 5.91 Å². The molecule has 2 aromatic heterocycles. The van der Waals surface area contributed by atoms with E-state index in [0.717, 1.165) is 11.3 Å². The van der Waals surface area contributed by atoms with Gasteiger partial charge in [0.25, 0.3) is 5.91 Å². The minimum atomic E-state index is -0.186. The number of amides is 1. The predicted octanol–water partition coefficient (Wildman–Crippen LogP) is 4.64. The Morgan fingerprint density at radius 2 is 2.18 bits per heavy atom. The number of hydrogen-bond donors (Lipinski definition) is 0. The van der Waals surface area contributed by atoms with Crippen molar-refractivity contribution in [2.45, 2.75) is 6.92 Å². The molecule has 0 fully saturated rings. The number of thiazole rings is 1. The zero-order chi connectivity index (χ0) is 15.7. The number of furan rings is 1. The summed E-state index contributed by atoms with van der Waals surface area (Å²) in [6, 6.07) is 9.12. The number of aromatic nitrogens is 1. The Bertz CT molecular complexity index is 811. The number of carbonyl (C=O) groups excluding carboxylic acids is 1. The van der Waals surface area contributed by atoms with Crippen molar-refractivity contribution in [1.82, 2.24) is 4.98 Å². The monoisotopic (exact) mass is 332 g/mol. The van der Waals surface area contributed by atoms with Crippen molar-refractivity contribution in [3.8, 4) is 10.8 Å². The molecule has 0 aliphatic heterocycles. The molecule has 1 amide bonds. The van der Waals surface area contributed by atoms with E-state index in [1.54, 1.807) is 30.8 Å². The fourth-order valence-electron chi connectivity index (χ4n) is 1.96. The lowest BCUT2D eigenvalue weighted by Crippen LogP contribution is -2.26. The van der Waals surface area contributed by atoms with E-state index in [4.69, 9.17) is 16.0 Å². The highest BCUT2D eigenvalue weighted by Crippen LogP contribution is 2.26. The van der Waals surface area contributed by atoms with Gasteiger partial charge in [0.2, 0.25) is 0 Å². The van der Waals surface area contributed by atoms with Gasteiger partial charge in [0.15, 0.2) is 10.8 Å². The maximum Gasteiger partial charge on any atom is 0.277 e. The van der Waals surface area contributed by atoms with Crippen molar-refractivity contribution in [1.29, 1.82) is 0 Å². The van der Waals surface area contributed by atoms with Crippen LogP contribution in [0.2, 0.25) is 5.02 Å². The highest BCUT2D eigenvalue weighted by molar-refractivity contribution is 7.13. The number of hydrogen-bond acceptors (Lipinski definition) is 4. The quantitative estimate of drug-likeness (QED) is 0.701. The molecule has 0 spiro atoms. The van der Waals surface area contributed by atoms with Gasteiger partial charge in [0.1, 0.15) is 5.69 Å². The van der Waals surface area contributed by atoms with Crippen LogP contribution >= 0.6 is 22.9 Å². The molecule has 0 atom stereocenters. The van der Waals surface area contributed by atoms with E-state index in [1.807, 2.05) is 25.1 Å².